The van der Waals surface area contributed by atoms with Crippen LogP contribution in [0.1, 0.15) is 5.56 Å². The highest BCUT2D eigenvalue weighted by atomic mass is 14.7. The summed E-state index contributed by atoms with van der Waals surface area (Å²) < 4.78 is 0. The van der Waals surface area contributed by atoms with E-state index in [-0.39, 0.29) is 0 Å². The van der Waals surface area contributed by atoms with Crippen molar-refractivity contribution < 1.29 is 0 Å². The first-order valence-electron chi connectivity index (χ1n) is 18.6. The Hall–Kier alpha value is -7.03. The van der Waals surface area contributed by atoms with E-state index in [1.54, 1.807) is 0 Å². The second kappa shape index (κ2) is 11.7. The molecule has 252 valence electrons. The largest absolute Gasteiger partial charge is 0.399 e. The molecular formula is C52H34N2. The number of nitrogens with zero attached hydrogens (tertiary/aromatic N) is 1. The molecule has 10 aromatic rings. The molecule has 0 saturated carbocycles. The number of anilines is 1. The fourth-order valence-electron chi connectivity index (χ4n) is 9.17. The van der Waals surface area contributed by atoms with E-state index in [4.69, 9.17) is 10.7 Å². The van der Waals surface area contributed by atoms with Crippen LogP contribution in [0.3, 0.4) is 0 Å². The van der Waals surface area contributed by atoms with Crippen LogP contribution in [0.4, 0.5) is 5.69 Å². The van der Waals surface area contributed by atoms with Gasteiger partial charge in [0.25, 0.3) is 0 Å². The summed E-state index contributed by atoms with van der Waals surface area (Å²) in [7, 11) is 0. The van der Waals surface area contributed by atoms with E-state index in [1.165, 1.54) is 77.2 Å². The Bertz CT molecular complexity index is 3050. The number of hydrogen-bond donors (Lipinski definition) is 1. The molecule has 0 aliphatic heterocycles. The second-order valence-corrected chi connectivity index (χ2v) is 14.5. The van der Waals surface area contributed by atoms with Crippen LogP contribution in [-0.4, -0.2) is 4.98 Å². The van der Waals surface area contributed by atoms with Gasteiger partial charge in [-0.3, -0.25) is 0 Å². The summed E-state index contributed by atoms with van der Waals surface area (Å²) in [6, 6.07) is 64.0. The van der Waals surface area contributed by atoms with Crippen LogP contribution in [-0.2, 0) is 0 Å². The Balaban J connectivity index is 1.24. The molecule has 54 heavy (non-hydrogen) atoms. The molecule has 1 aliphatic rings. The highest BCUT2D eigenvalue weighted by Crippen LogP contribution is 2.58. The van der Waals surface area contributed by atoms with Gasteiger partial charge in [-0.05, 0) is 119 Å². The lowest BCUT2D eigenvalue weighted by molar-refractivity contribution is 1.46. The van der Waals surface area contributed by atoms with Gasteiger partial charge < -0.3 is 5.73 Å². The van der Waals surface area contributed by atoms with Crippen LogP contribution in [0, 0.1) is 6.92 Å². The van der Waals surface area contributed by atoms with Gasteiger partial charge in [-0.25, -0.2) is 4.98 Å². The van der Waals surface area contributed by atoms with Crippen molar-refractivity contribution in [3.8, 4) is 66.8 Å². The fourth-order valence-corrected chi connectivity index (χ4v) is 9.17. The van der Waals surface area contributed by atoms with Crippen molar-refractivity contribution in [2.45, 2.75) is 6.92 Å². The van der Waals surface area contributed by atoms with Gasteiger partial charge in [0.1, 0.15) is 0 Å². The maximum Gasteiger partial charge on any atom is 0.0722 e. The molecule has 1 heterocycles. The normalized spacial score (nSPS) is 11.9. The predicted octanol–water partition coefficient (Wildman–Crippen LogP) is 13.9. The number of nitrogens with two attached hydrogens (primary N) is 1. The van der Waals surface area contributed by atoms with Gasteiger partial charge in [0, 0.05) is 22.0 Å². The van der Waals surface area contributed by atoms with Gasteiger partial charge in [0.2, 0.25) is 0 Å². The lowest BCUT2D eigenvalue weighted by atomic mass is 9.82. The highest BCUT2D eigenvalue weighted by molar-refractivity contribution is 6.30. The van der Waals surface area contributed by atoms with Gasteiger partial charge in [-0.1, -0.05) is 152 Å². The minimum absolute atomic E-state index is 0.768. The van der Waals surface area contributed by atoms with Crippen LogP contribution in [0.5, 0.6) is 0 Å². The summed E-state index contributed by atoms with van der Waals surface area (Å²) in [6.45, 7) is 2.09. The first-order chi connectivity index (χ1) is 26.6. The Morgan fingerprint density at radius 1 is 0.352 bits per heavy atom. The van der Waals surface area contributed by atoms with E-state index in [0.717, 1.165) is 44.2 Å². The van der Waals surface area contributed by atoms with Gasteiger partial charge in [-0.15, -0.1) is 0 Å². The molecule has 11 rings (SSSR count). The maximum absolute atomic E-state index is 6.30. The number of hydrogen-bond acceptors (Lipinski definition) is 2. The van der Waals surface area contributed by atoms with Crippen molar-refractivity contribution in [2.24, 2.45) is 0 Å². The molecule has 0 bridgehead atoms. The number of aryl methyl sites for hydroxylation is 1. The summed E-state index contributed by atoms with van der Waals surface area (Å²) >= 11 is 0. The maximum atomic E-state index is 6.30. The van der Waals surface area contributed by atoms with E-state index < -0.39 is 0 Å². The van der Waals surface area contributed by atoms with Gasteiger partial charge in [0.05, 0.1) is 11.0 Å². The number of fused-ring (bicyclic) bond motifs is 6. The number of pyridine rings is 1. The molecule has 1 aromatic heterocycles. The third-order valence-electron chi connectivity index (χ3n) is 11.3. The smallest absolute Gasteiger partial charge is 0.0722 e. The molecule has 0 amide bonds. The Morgan fingerprint density at radius 3 is 1.61 bits per heavy atom. The summed E-state index contributed by atoms with van der Waals surface area (Å²) in [5.41, 5.74) is 25.0. The Morgan fingerprint density at radius 2 is 0.926 bits per heavy atom. The van der Waals surface area contributed by atoms with Crippen molar-refractivity contribution in [1.29, 1.82) is 0 Å². The van der Waals surface area contributed by atoms with Gasteiger partial charge in [-0.2, -0.15) is 0 Å². The third kappa shape index (κ3) is 4.50. The Kier molecular flexibility index (Phi) is 6.65. The summed E-state index contributed by atoms with van der Waals surface area (Å²) in [5, 5.41) is 7.36. The quantitative estimate of drug-likeness (QED) is 0.148. The van der Waals surface area contributed by atoms with Crippen LogP contribution >= 0.6 is 0 Å². The fraction of sp³-hybridized carbons (Fsp3) is 0.0192. The minimum Gasteiger partial charge on any atom is -0.399 e. The van der Waals surface area contributed by atoms with Crippen molar-refractivity contribution in [1.82, 2.24) is 4.98 Å². The summed E-state index contributed by atoms with van der Waals surface area (Å²) in [5.74, 6) is 0. The van der Waals surface area contributed by atoms with E-state index in [2.05, 4.69) is 171 Å². The van der Waals surface area contributed by atoms with Gasteiger partial charge >= 0.3 is 0 Å². The topological polar surface area (TPSA) is 38.9 Å². The number of nitrogen functional groups attached to an aromatic ring is 1. The van der Waals surface area contributed by atoms with Crippen molar-refractivity contribution in [3.05, 3.63) is 181 Å². The monoisotopic (exact) mass is 686 g/mol. The van der Waals surface area contributed by atoms with E-state index >= 15 is 0 Å². The van der Waals surface area contributed by atoms with E-state index in [1.807, 2.05) is 12.1 Å². The Labute approximate surface area is 313 Å². The molecule has 2 heteroatoms. The van der Waals surface area contributed by atoms with Gasteiger partial charge in [0.15, 0.2) is 0 Å². The molecule has 0 unspecified atom stereocenters. The number of rotatable bonds is 4. The van der Waals surface area contributed by atoms with E-state index in [0.29, 0.717) is 0 Å². The van der Waals surface area contributed by atoms with Crippen LogP contribution < -0.4 is 5.73 Å². The molecule has 2 nitrogen and oxygen atoms in total. The first-order valence-corrected chi connectivity index (χ1v) is 18.6. The number of aromatic nitrogens is 1. The molecule has 9 aromatic carbocycles. The zero-order valence-electron chi connectivity index (χ0n) is 29.8. The summed E-state index contributed by atoms with van der Waals surface area (Å²) in [6.07, 6.45) is 0. The average Bonchev–Trinajstić information content (AvgIpc) is 3.54. The SMILES string of the molecule is Cc1cc(N)cc(-c2ccc3c(-c4ccc5c6c(cccc46)-c4c-5c(-c5ccccc5)c5ccccc5c4-c4ccccc4)c4ccccc4nc3c2)c1. The second-order valence-electron chi connectivity index (χ2n) is 14.5. The summed E-state index contributed by atoms with van der Waals surface area (Å²) in [4.78, 5) is 5.25. The van der Waals surface area contributed by atoms with Crippen molar-refractivity contribution in [3.63, 3.8) is 0 Å². The first kappa shape index (κ1) is 30.6. The zero-order valence-corrected chi connectivity index (χ0v) is 29.8. The van der Waals surface area contributed by atoms with Crippen LogP contribution in [0.2, 0.25) is 0 Å². The molecule has 0 saturated heterocycles. The van der Waals surface area contributed by atoms with Crippen molar-refractivity contribution >= 4 is 49.0 Å². The number of benzene rings is 9. The molecule has 2 N–H and O–H groups in total. The highest BCUT2D eigenvalue weighted by Gasteiger charge is 2.31. The van der Waals surface area contributed by atoms with Crippen LogP contribution in [0.15, 0.2) is 176 Å². The molecular weight excluding hydrogens is 653 g/mol. The lowest BCUT2D eigenvalue weighted by Crippen LogP contribution is -1.93. The number of para-hydroxylation sites is 1. The van der Waals surface area contributed by atoms with Crippen molar-refractivity contribution in [2.75, 3.05) is 5.73 Å². The molecule has 0 spiro atoms. The predicted molar refractivity (Wildman–Crippen MR) is 230 cm³/mol. The lowest BCUT2D eigenvalue weighted by Gasteiger charge is -2.20. The average molecular weight is 687 g/mol. The molecule has 1 aliphatic carbocycles. The molecule has 0 fully saturated rings. The van der Waals surface area contributed by atoms with E-state index in [9.17, 15) is 0 Å². The molecule has 0 atom stereocenters. The standard InChI is InChI=1S/C52H34N2/c1-31-27-35(29-36(53)28-31)34-23-24-42-46(30-34)54-45-22-11-10-19-41(45)49(42)40-25-26-44-50-39(40)20-12-21-43(50)51-47(32-13-4-2-5-14-32)37-17-8-9-18-38(37)48(52(44)51)33-15-6-3-7-16-33/h2-30H,53H2,1H3. The minimum atomic E-state index is 0.768. The third-order valence-corrected chi connectivity index (χ3v) is 11.3. The van der Waals surface area contributed by atoms with Crippen LogP contribution in [0.25, 0.3) is 110 Å². The molecule has 0 radical (unpaired) electrons. The zero-order chi connectivity index (χ0) is 35.9.